The number of aromatic nitrogens is 2. The Morgan fingerprint density at radius 2 is 2.11 bits per heavy atom. The number of benzene rings is 1. The highest BCUT2D eigenvalue weighted by atomic mass is 35.5. The second-order valence-electron chi connectivity index (χ2n) is 4.21. The van der Waals surface area contributed by atoms with Gasteiger partial charge in [0.2, 0.25) is 0 Å². The van der Waals surface area contributed by atoms with E-state index in [1.165, 1.54) is 0 Å². The summed E-state index contributed by atoms with van der Waals surface area (Å²) in [7, 11) is 1.92. The van der Waals surface area contributed by atoms with Crippen molar-refractivity contribution >= 4 is 23.2 Å². The van der Waals surface area contributed by atoms with Crippen LogP contribution in [0.1, 0.15) is 24.2 Å². The molecule has 96 valence electrons. The molecule has 18 heavy (non-hydrogen) atoms. The molecule has 0 amide bonds. The summed E-state index contributed by atoms with van der Waals surface area (Å²) in [5.41, 5.74) is 2.13. The molecule has 1 N–H and O–H groups in total. The van der Waals surface area contributed by atoms with Crippen LogP contribution in [-0.4, -0.2) is 9.78 Å². The Hall–Kier alpha value is -1.03. The van der Waals surface area contributed by atoms with E-state index in [1.54, 1.807) is 12.3 Å². The maximum atomic E-state index is 6.17. The zero-order valence-corrected chi connectivity index (χ0v) is 11.8. The quantitative estimate of drug-likeness (QED) is 0.930. The van der Waals surface area contributed by atoms with E-state index in [9.17, 15) is 0 Å². The molecule has 0 fully saturated rings. The molecule has 0 saturated heterocycles. The fraction of sp³-hybridized carbons (Fsp3) is 0.308. The van der Waals surface area contributed by atoms with Gasteiger partial charge in [-0.1, -0.05) is 23.2 Å². The highest BCUT2D eigenvalue weighted by molar-refractivity contribution is 6.33. The van der Waals surface area contributed by atoms with E-state index >= 15 is 0 Å². The molecule has 0 aliphatic carbocycles. The number of hydrogen-bond acceptors (Lipinski definition) is 2. The van der Waals surface area contributed by atoms with Crippen molar-refractivity contribution in [3.63, 3.8) is 0 Å². The Morgan fingerprint density at radius 3 is 2.78 bits per heavy atom. The topological polar surface area (TPSA) is 29.9 Å². The van der Waals surface area contributed by atoms with Crippen LogP contribution in [0.4, 0.5) is 0 Å². The zero-order chi connectivity index (χ0) is 13.1. The third-order valence-electron chi connectivity index (χ3n) is 2.94. The lowest BCUT2D eigenvalue weighted by Crippen LogP contribution is -2.20. The van der Waals surface area contributed by atoms with E-state index in [4.69, 9.17) is 23.2 Å². The minimum atomic E-state index is 0.131. The molecule has 2 rings (SSSR count). The number of halogens is 2. The summed E-state index contributed by atoms with van der Waals surface area (Å²) in [5.74, 6) is 0. The number of rotatable bonds is 4. The highest BCUT2D eigenvalue weighted by Crippen LogP contribution is 2.26. The first-order valence-corrected chi connectivity index (χ1v) is 6.48. The van der Waals surface area contributed by atoms with Gasteiger partial charge < -0.3 is 5.32 Å². The van der Waals surface area contributed by atoms with Gasteiger partial charge in [0.25, 0.3) is 0 Å². The SMILES string of the molecule is CC(NCc1ccnn1C)c1cc(Cl)ccc1Cl. The molecule has 1 atom stereocenters. The van der Waals surface area contributed by atoms with Crippen LogP contribution in [-0.2, 0) is 13.6 Å². The molecule has 0 aliphatic heterocycles. The molecular formula is C13H15Cl2N3. The molecule has 0 aliphatic rings. The molecule has 1 unspecified atom stereocenters. The van der Waals surface area contributed by atoms with Gasteiger partial charge in [-0.25, -0.2) is 0 Å². The molecule has 0 spiro atoms. The van der Waals surface area contributed by atoms with Crippen molar-refractivity contribution in [3.8, 4) is 0 Å². The summed E-state index contributed by atoms with van der Waals surface area (Å²) in [5, 5.41) is 8.96. The van der Waals surface area contributed by atoms with Gasteiger partial charge in [-0.3, -0.25) is 4.68 Å². The summed E-state index contributed by atoms with van der Waals surface area (Å²) < 4.78 is 1.85. The molecule has 0 saturated carbocycles. The minimum Gasteiger partial charge on any atom is -0.305 e. The fourth-order valence-corrected chi connectivity index (χ4v) is 2.25. The van der Waals surface area contributed by atoms with Crippen molar-refractivity contribution in [2.45, 2.75) is 19.5 Å². The van der Waals surface area contributed by atoms with E-state index < -0.39 is 0 Å². The van der Waals surface area contributed by atoms with Gasteiger partial charge in [0.15, 0.2) is 0 Å². The predicted molar refractivity (Wildman–Crippen MR) is 74.9 cm³/mol. The number of hydrogen-bond donors (Lipinski definition) is 1. The van der Waals surface area contributed by atoms with Crippen molar-refractivity contribution in [1.29, 1.82) is 0 Å². The molecule has 1 aromatic heterocycles. The van der Waals surface area contributed by atoms with E-state index in [2.05, 4.69) is 17.3 Å². The maximum absolute atomic E-state index is 6.17. The summed E-state index contributed by atoms with van der Waals surface area (Å²) in [6, 6.07) is 7.62. The molecule has 1 aromatic carbocycles. The van der Waals surface area contributed by atoms with Crippen molar-refractivity contribution in [2.75, 3.05) is 0 Å². The summed E-state index contributed by atoms with van der Waals surface area (Å²) in [6.45, 7) is 2.80. The number of nitrogens with zero attached hydrogens (tertiary/aromatic N) is 2. The van der Waals surface area contributed by atoms with Gasteiger partial charge in [0.05, 0.1) is 5.69 Å². The lowest BCUT2D eigenvalue weighted by molar-refractivity contribution is 0.548. The van der Waals surface area contributed by atoms with Gasteiger partial charge in [-0.2, -0.15) is 5.10 Å². The third-order valence-corrected chi connectivity index (χ3v) is 3.52. The van der Waals surface area contributed by atoms with Gasteiger partial charge >= 0.3 is 0 Å². The first kappa shape index (κ1) is 13.4. The lowest BCUT2D eigenvalue weighted by Gasteiger charge is -2.16. The smallest absolute Gasteiger partial charge is 0.0518 e. The maximum Gasteiger partial charge on any atom is 0.0518 e. The predicted octanol–water partition coefficient (Wildman–Crippen LogP) is 3.58. The lowest BCUT2D eigenvalue weighted by atomic mass is 10.1. The van der Waals surface area contributed by atoms with Crippen LogP contribution in [0.25, 0.3) is 0 Å². The van der Waals surface area contributed by atoms with E-state index in [-0.39, 0.29) is 6.04 Å². The van der Waals surface area contributed by atoms with Crippen LogP contribution in [0.5, 0.6) is 0 Å². The standard InChI is InChI=1S/C13H15Cl2N3/c1-9(12-7-10(14)3-4-13(12)15)16-8-11-5-6-17-18(11)2/h3-7,9,16H,8H2,1-2H3. The molecule has 5 heteroatoms. The van der Waals surface area contributed by atoms with Crippen LogP contribution in [0, 0.1) is 0 Å². The monoisotopic (exact) mass is 283 g/mol. The van der Waals surface area contributed by atoms with Crippen LogP contribution in [0.2, 0.25) is 10.0 Å². The first-order valence-electron chi connectivity index (χ1n) is 5.73. The van der Waals surface area contributed by atoms with Gasteiger partial charge in [0, 0.05) is 35.9 Å². The molecule has 3 nitrogen and oxygen atoms in total. The van der Waals surface area contributed by atoms with Crippen LogP contribution in [0.3, 0.4) is 0 Å². The van der Waals surface area contributed by atoms with Gasteiger partial charge in [-0.05, 0) is 36.8 Å². The highest BCUT2D eigenvalue weighted by Gasteiger charge is 2.10. The van der Waals surface area contributed by atoms with E-state index in [0.29, 0.717) is 5.02 Å². The molecular weight excluding hydrogens is 269 g/mol. The number of aryl methyl sites for hydroxylation is 1. The van der Waals surface area contributed by atoms with Crippen LogP contribution < -0.4 is 5.32 Å². The molecule has 0 bridgehead atoms. The average molecular weight is 284 g/mol. The van der Waals surface area contributed by atoms with E-state index in [1.807, 2.05) is 29.9 Å². The third kappa shape index (κ3) is 3.05. The summed E-state index contributed by atoms with van der Waals surface area (Å²) in [4.78, 5) is 0. The van der Waals surface area contributed by atoms with E-state index in [0.717, 1.165) is 22.8 Å². The Balaban J connectivity index is 2.06. The van der Waals surface area contributed by atoms with Gasteiger partial charge in [-0.15, -0.1) is 0 Å². The first-order chi connectivity index (χ1) is 8.58. The normalized spacial score (nSPS) is 12.7. The molecule has 2 aromatic rings. The Morgan fingerprint density at radius 1 is 1.33 bits per heavy atom. The second-order valence-corrected chi connectivity index (χ2v) is 5.06. The van der Waals surface area contributed by atoms with Crippen LogP contribution in [0.15, 0.2) is 30.5 Å². The van der Waals surface area contributed by atoms with Gasteiger partial charge in [0.1, 0.15) is 0 Å². The second kappa shape index (κ2) is 5.74. The molecule has 1 heterocycles. The van der Waals surface area contributed by atoms with Crippen molar-refractivity contribution in [3.05, 3.63) is 51.8 Å². The van der Waals surface area contributed by atoms with Crippen molar-refractivity contribution in [2.24, 2.45) is 7.05 Å². The average Bonchev–Trinajstić information content (AvgIpc) is 2.75. The van der Waals surface area contributed by atoms with Crippen molar-refractivity contribution < 1.29 is 0 Å². The van der Waals surface area contributed by atoms with Crippen molar-refractivity contribution in [1.82, 2.24) is 15.1 Å². The fourth-order valence-electron chi connectivity index (χ4n) is 1.79. The minimum absolute atomic E-state index is 0.131. The Labute approximate surface area is 117 Å². The zero-order valence-electron chi connectivity index (χ0n) is 10.3. The number of nitrogens with one attached hydrogen (secondary N) is 1. The summed E-state index contributed by atoms with van der Waals surface area (Å²) in [6.07, 6.45) is 1.79. The Kier molecular flexibility index (Phi) is 4.27. The largest absolute Gasteiger partial charge is 0.305 e. The molecule has 0 radical (unpaired) electrons. The summed E-state index contributed by atoms with van der Waals surface area (Å²) >= 11 is 12.2. The Bertz CT molecular complexity index is 537. The van der Waals surface area contributed by atoms with Crippen LogP contribution >= 0.6 is 23.2 Å².